The van der Waals surface area contributed by atoms with Gasteiger partial charge in [-0.05, 0) is 31.0 Å². The summed E-state index contributed by atoms with van der Waals surface area (Å²) < 4.78 is 4.85. The van der Waals surface area contributed by atoms with Crippen molar-refractivity contribution in [2.75, 3.05) is 6.61 Å². The van der Waals surface area contributed by atoms with Crippen molar-refractivity contribution >= 4 is 17.7 Å². The molecule has 92 valence electrons. The van der Waals surface area contributed by atoms with Gasteiger partial charge in [-0.3, -0.25) is 0 Å². The lowest BCUT2D eigenvalue weighted by molar-refractivity contribution is 0.148. The van der Waals surface area contributed by atoms with E-state index < -0.39 is 6.09 Å². The summed E-state index contributed by atoms with van der Waals surface area (Å²) in [5.41, 5.74) is 0.974. The molecule has 1 aromatic carbocycles. The van der Waals surface area contributed by atoms with E-state index >= 15 is 0 Å². The Bertz CT molecular complexity index is 376. The summed E-state index contributed by atoms with van der Waals surface area (Å²) in [7, 11) is 0. The molecule has 0 aliphatic rings. The number of hydrogen-bond donors (Lipinski definition) is 1. The zero-order chi connectivity index (χ0) is 12.7. The largest absolute Gasteiger partial charge is 0.450 e. The first-order valence-electron chi connectivity index (χ1n) is 5.47. The highest BCUT2D eigenvalue weighted by molar-refractivity contribution is 6.30. The molecule has 3 nitrogen and oxygen atoms in total. The Kier molecular flexibility index (Phi) is 5.57. The Morgan fingerprint density at radius 3 is 2.71 bits per heavy atom. The molecule has 0 aliphatic carbocycles. The van der Waals surface area contributed by atoms with Crippen LogP contribution in [0.3, 0.4) is 0 Å². The second-order valence-electron chi connectivity index (χ2n) is 3.49. The van der Waals surface area contributed by atoms with Crippen LogP contribution in [0.5, 0.6) is 0 Å². The molecule has 0 saturated carbocycles. The zero-order valence-corrected chi connectivity index (χ0v) is 10.5. The van der Waals surface area contributed by atoms with Crippen LogP contribution in [0.25, 0.3) is 0 Å². The summed E-state index contributed by atoms with van der Waals surface area (Å²) in [5.74, 6) is 0. The van der Waals surface area contributed by atoms with Gasteiger partial charge in [-0.15, -0.1) is 6.58 Å². The molecule has 0 fully saturated rings. The van der Waals surface area contributed by atoms with Gasteiger partial charge in [-0.2, -0.15) is 0 Å². The second kappa shape index (κ2) is 6.97. The highest BCUT2D eigenvalue weighted by atomic mass is 35.5. The third-order valence-corrected chi connectivity index (χ3v) is 2.49. The lowest BCUT2D eigenvalue weighted by atomic mass is 10.0. The maximum absolute atomic E-state index is 11.4. The highest BCUT2D eigenvalue weighted by Crippen LogP contribution is 2.19. The van der Waals surface area contributed by atoms with Gasteiger partial charge in [-0.25, -0.2) is 4.79 Å². The Morgan fingerprint density at radius 1 is 1.53 bits per heavy atom. The maximum atomic E-state index is 11.4. The van der Waals surface area contributed by atoms with Crippen LogP contribution < -0.4 is 5.32 Å². The van der Waals surface area contributed by atoms with Crippen LogP contribution in [0.1, 0.15) is 24.9 Å². The summed E-state index contributed by atoms with van der Waals surface area (Å²) in [4.78, 5) is 11.4. The van der Waals surface area contributed by atoms with Crippen molar-refractivity contribution < 1.29 is 9.53 Å². The smallest absolute Gasteiger partial charge is 0.407 e. The summed E-state index contributed by atoms with van der Waals surface area (Å²) in [5, 5.41) is 3.45. The van der Waals surface area contributed by atoms with Gasteiger partial charge in [0.1, 0.15) is 0 Å². The first-order valence-corrected chi connectivity index (χ1v) is 5.84. The van der Waals surface area contributed by atoms with Crippen molar-refractivity contribution in [3.05, 3.63) is 47.5 Å². The molecule has 0 spiro atoms. The predicted octanol–water partition coefficient (Wildman–Crippen LogP) is 3.70. The molecular formula is C13H16ClNO2. The topological polar surface area (TPSA) is 38.3 Å². The van der Waals surface area contributed by atoms with E-state index in [1.54, 1.807) is 25.1 Å². The summed E-state index contributed by atoms with van der Waals surface area (Å²) in [6.07, 6.45) is 1.97. The predicted molar refractivity (Wildman–Crippen MR) is 69.2 cm³/mol. The van der Waals surface area contributed by atoms with Gasteiger partial charge >= 0.3 is 6.09 Å². The van der Waals surface area contributed by atoms with Crippen LogP contribution >= 0.6 is 11.6 Å². The molecule has 0 bridgehead atoms. The number of carbonyl (C=O) groups is 1. The van der Waals surface area contributed by atoms with Gasteiger partial charge in [0.15, 0.2) is 0 Å². The number of rotatable bonds is 5. The normalized spacial score (nSPS) is 11.6. The second-order valence-corrected chi connectivity index (χ2v) is 3.93. The molecule has 4 heteroatoms. The molecule has 17 heavy (non-hydrogen) atoms. The molecule has 1 amide bonds. The van der Waals surface area contributed by atoms with Crippen LogP contribution in [0.2, 0.25) is 5.02 Å². The molecule has 1 unspecified atom stereocenters. The Labute approximate surface area is 106 Å². The van der Waals surface area contributed by atoms with E-state index in [1.807, 2.05) is 12.1 Å². The number of nitrogens with one attached hydrogen (secondary N) is 1. The number of alkyl carbamates (subject to hydrolysis) is 1. The molecular weight excluding hydrogens is 238 g/mol. The Morgan fingerprint density at radius 2 is 2.18 bits per heavy atom. The minimum atomic E-state index is -0.422. The highest BCUT2D eigenvalue weighted by Gasteiger charge is 2.13. The minimum absolute atomic E-state index is 0.135. The summed E-state index contributed by atoms with van der Waals surface area (Å²) in [6, 6.07) is 7.20. The van der Waals surface area contributed by atoms with Gasteiger partial charge in [0, 0.05) is 5.02 Å². The molecule has 0 aromatic heterocycles. The third kappa shape index (κ3) is 4.49. The average Bonchev–Trinajstić information content (AvgIpc) is 2.30. The number of amides is 1. The van der Waals surface area contributed by atoms with Crippen molar-refractivity contribution in [2.45, 2.75) is 19.4 Å². The van der Waals surface area contributed by atoms with Crippen molar-refractivity contribution in [1.82, 2.24) is 5.32 Å². The number of ether oxygens (including phenoxy) is 1. The number of benzene rings is 1. The van der Waals surface area contributed by atoms with Gasteiger partial charge < -0.3 is 10.1 Å². The molecule has 1 rings (SSSR count). The molecule has 0 heterocycles. The standard InChI is InChI=1S/C13H16ClNO2/c1-3-5-12(15-13(16)17-4-2)10-6-8-11(14)9-7-10/h3,6-9,12H,1,4-5H2,2H3,(H,15,16). The fraction of sp³-hybridized carbons (Fsp3) is 0.308. The molecule has 1 atom stereocenters. The first-order chi connectivity index (χ1) is 8.17. The Hall–Kier alpha value is -1.48. The van der Waals surface area contributed by atoms with E-state index in [0.717, 1.165) is 5.56 Å². The minimum Gasteiger partial charge on any atom is -0.450 e. The van der Waals surface area contributed by atoms with E-state index in [1.165, 1.54) is 0 Å². The van der Waals surface area contributed by atoms with Crippen LogP contribution in [-0.2, 0) is 4.74 Å². The van der Waals surface area contributed by atoms with Crippen molar-refractivity contribution in [3.63, 3.8) is 0 Å². The lowest BCUT2D eigenvalue weighted by Gasteiger charge is -2.17. The molecule has 0 aliphatic heterocycles. The van der Waals surface area contributed by atoms with Crippen LogP contribution in [-0.4, -0.2) is 12.7 Å². The van der Waals surface area contributed by atoms with Crippen molar-refractivity contribution in [3.8, 4) is 0 Å². The summed E-state index contributed by atoms with van der Waals surface area (Å²) in [6.45, 7) is 5.80. The van der Waals surface area contributed by atoms with E-state index in [2.05, 4.69) is 11.9 Å². The van der Waals surface area contributed by atoms with E-state index in [4.69, 9.17) is 16.3 Å². The summed E-state index contributed by atoms with van der Waals surface area (Å²) >= 11 is 5.82. The van der Waals surface area contributed by atoms with E-state index in [0.29, 0.717) is 18.1 Å². The molecule has 1 N–H and O–H groups in total. The number of halogens is 1. The fourth-order valence-corrected chi connectivity index (χ4v) is 1.58. The fourth-order valence-electron chi connectivity index (χ4n) is 1.46. The third-order valence-electron chi connectivity index (χ3n) is 2.24. The van der Waals surface area contributed by atoms with Crippen molar-refractivity contribution in [1.29, 1.82) is 0 Å². The maximum Gasteiger partial charge on any atom is 0.407 e. The SMILES string of the molecule is C=CCC(NC(=O)OCC)c1ccc(Cl)cc1. The molecule has 1 aromatic rings. The lowest BCUT2D eigenvalue weighted by Crippen LogP contribution is -2.28. The molecule has 0 radical (unpaired) electrons. The van der Waals surface area contributed by atoms with Gasteiger partial charge in [-0.1, -0.05) is 29.8 Å². The molecule has 0 saturated heterocycles. The van der Waals surface area contributed by atoms with E-state index in [9.17, 15) is 4.79 Å². The zero-order valence-electron chi connectivity index (χ0n) is 9.78. The van der Waals surface area contributed by atoms with E-state index in [-0.39, 0.29) is 6.04 Å². The van der Waals surface area contributed by atoms with Crippen molar-refractivity contribution in [2.24, 2.45) is 0 Å². The van der Waals surface area contributed by atoms with Gasteiger partial charge in [0.05, 0.1) is 12.6 Å². The number of carbonyl (C=O) groups excluding carboxylic acids is 1. The van der Waals surface area contributed by atoms with Crippen LogP contribution in [0.15, 0.2) is 36.9 Å². The van der Waals surface area contributed by atoms with Gasteiger partial charge in [0.25, 0.3) is 0 Å². The average molecular weight is 254 g/mol. The Balaban J connectivity index is 2.74. The monoisotopic (exact) mass is 253 g/mol. The van der Waals surface area contributed by atoms with Crippen LogP contribution in [0, 0.1) is 0 Å². The quantitative estimate of drug-likeness (QED) is 0.813. The first kappa shape index (κ1) is 13.6. The van der Waals surface area contributed by atoms with Crippen LogP contribution in [0.4, 0.5) is 4.79 Å². The number of hydrogen-bond acceptors (Lipinski definition) is 2. The van der Waals surface area contributed by atoms with Gasteiger partial charge in [0.2, 0.25) is 0 Å².